The first-order valence-corrected chi connectivity index (χ1v) is 6.53. The maximum atomic E-state index is 10.2. The van der Waals surface area contributed by atoms with Crippen molar-refractivity contribution in [3.05, 3.63) is 48.0 Å². The lowest BCUT2D eigenvalue weighted by atomic mass is 9.87. The molecule has 0 fully saturated rings. The summed E-state index contributed by atoms with van der Waals surface area (Å²) in [6.07, 6.45) is 0. The van der Waals surface area contributed by atoms with E-state index in [1.807, 2.05) is 24.3 Å². The molecule has 1 heterocycles. The predicted octanol–water partition coefficient (Wildman–Crippen LogP) is 3.22. The van der Waals surface area contributed by atoms with E-state index in [9.17, 15) is 5.11 Å². The van der Waals surface area contributed by atoms with Crippen LogP contribution in [0.3, 0.4) is 0 Å². The Morgan fingerprint density at radius 1 is 1.10 bits per heavy atom. The molecule has 4 heteroatoms. The Labute approximate surface area is 117 Å². The monoisotopic (exact) mass is 266 g/mol. The third-order valence-electron chi connectivity index (χ3n) is 3.22. The Balaban J connectivity index is 2.10. The van der Waals surface area contributed by atoms with E-state index in [0.29, 0.717) is 5.69 Å². The minimum atomic E-state index is -0.0573. The van der Waals surface area contributed by atoms with E-state index in [1.165, 1.54) is 4.80 Å². The molecule has 101 valence electrons. The van der Waals surface area contributed by atoms with Crippen LogP contribution in [0.25, 0.3) is 16.7 Å². The van der Waals surface area contributed by atoms with E-state index in [0.717, 1.165) is 16.6 Å². The normalized spacial score (nSPS) is 11.9. The van der Waals surface area contributed by atoms with Crippen molar-refractivity contribution < 1.29 is 5.11 Å². The van der Waals surface area contributed by atoms with Gasteiger partial charge in [-0.05, 0) is 41.3 Å². The summed E-state index contributed by atoms with van der Waals surface area (Å²) in [5.41, 5.74) is 3.03. The summed E-state index contributed by atoms with van der Waals surface area (Å²) in [6.45, 7) is 6.25. The van der Waals surface area contributed by atoms with Gasteiger partial charge in [-0.15, -0.1) is 15.0 Å². The van der Waals surface area contributed by atoms with Crippen molar-refractivity contribution in [1.82, 2.24) is 15.0 Å². The molecular formula is C16H16N3O. The minimum Gasteiger partial charge on any atom is -0.506 e. The van der Waals surface area contributed by atoms with Gasteiger partial charge >= 0.3 is 0 Å². The average molecular weight is 266 g/mol. The summed E-state index contributed by atoms with van der Waals surface area (Å²) in [4.78, 5) is 1.45. The first-order chi connectivity index (χ1) is 9.45. The molecule has 0 amide bonds. The highest BCUT2D eigenvalue weighted by Crippen LogP contribution is 2.29. The number of nitrogens with zero attached hydrogens (tertiary/aromatic N) is 3. The number of aromatic nitrogens is 3. The van der Waals surface area contributed by atoms with Crippen LogP contribution in [0.5, 0.6) is 5.75 Å². The molecule has 0 saturated heterocycles. The number of hydrogen-bond acceptors (Lipinski definition) is 3. The number of phenolic OH excluding ortho intramolecular Hbond substituents is 1. The molecule has 0 unspecified atom stereocenters. The zero-order valence-corrected chi connectivity index (χ0v) is 11.8. The summed E-state index contributed by atoms with van der Waals surface area (Å²) < 4.78 is 0. The largest absolute Gasteiger partial charge is 0.506 e. The zero-order valence-electron chi connectivity index (χ0n) is 11.8. The van der Waals surface area contributed by atoms with E-state index in [1.54, 1.807) is 12.1 Å². The average Bonchev–Trinajstić information content (AvgIpc) is 2.80. The Morgan fingerprint density at radius 2 is 1.70 bits per heavy atom. The standard InChI is InChI=1S/C16H16N3O/c1-16(2,3)11-8-9-14(15(20)10-11)19-17-12-6-4-5-7-13(12)18-19/h4-7,9-10,20H,1-3H3. The van der Waals surface area contributed by atoms with Gasteiger partial charge in [-0.2, -0.15) is 0 Å². The van der Waals surface area contributed by atoms with Crippen molar-refractivity contribution in [2.24, 2.45) is 0 Å². The molecule has 1 N–H and O–H groups in total. The van der Waals surface area contributed by atoms with Crippen LogP contribution in [-0.4, -0.2) is 20.1 Å². The highest BCUT2D eigenvalue weighted by atomic mass is 16.3. The smallest absolute Gasteiger partial charge is 0.143 e. The SMILES string of the molecule is CC(C)(C)c1[c]cc(-n2nc3ccccc3n2)c(O)c1. The fourth-order valence-corrected chi connectivity index (χ4v) is 2.03. The van der Waals surface area contributed by atoms with Crippen LogP contribution >= 0.6 is 0 Å². The van der Waals surface area contributed by atoms with Crippen molar-refractivity contribution >= 4 is 11.0 Å². The van der Waals surface area contributed by atoms with Crippen LogP contribution in [0.2, 0.25) is 0 Å². The molecule has 1 radical (unpaired) electrons. The lowest BCUT2D eigenvalue weighted by Gasteiger charge is -2.19. The third kappa shape index (κ3) is 2.13. The summed E-state index contributed by atoms with van der Waals surface area (Å²) >= 11 is 0. The van der Waals surface area contributed by atoms with Gasteiger partial charge in [-0.3, -0.25) is 0 Å². The van der Waals surface area contributed by atoms with Crippen LogP contribution in [0.4, 0.5) is 0 Å². The lowest BCUT2D eigenvalue weighted by Crippen LogP contribution is -2.11. The molecule has 3 aromatic rings. The van der Waals surface area contributed by atoms with Gasteiger partial charge in [0.15, 0.2) is 0 Å². The molecule has 0 atom stereocenters. The molecule has 4 nitrogen and oxygen atoms in total. The van der Waals surface area contributed by atoms with Crippen LogP contribution in [0.15, 0.2) is 36.4 Å². The minimum absolute atomic E-state index is 0.0573. The molecule has 0 aliphatic heterocycles. The van der Waals surface area contributed by atoms with Gasteiger partial charge in [0.1, 0.15) is 22.5 Å². The van der Waals surface area contributed by atoms with E-state index >= 15 is 0 Å². The predicted molar refractivity (Wildman–Crippen MR) is 78.1 cm³/mol. The second-order valence-electron chi connectivity index (χ2n) is 5.85. The number of hydrogen-bond donors (Lipinski definition) is 1. The zero-order chi connectivity index (χ0) is 14.3. The van der Waals surface area contributed by atoms with Crippen LogP contribution in [0, 0.1) is 6.07 Å². The summed E-state index contributed by atoms with van der Waals surface area (Å²) in [7, 11) is 0. The molecule has 2 aromatic carbocycles. The highest BCUT2D eigenvalue weighted by Gasteiger charge is 2.17. The topological polar surface area (TPSA) is 50.9 Å². The number of aromatic hydroxyl groups is 1. The fraction of sp³-hybridized carbons (Fsp3) is 0.250. The summed E-state index contributed by atoms with van der Waals surface area (Å²) in [5, 5.41) is 18.9. The van der Waals surface area contributed by atoms with Gasteiger partial charge in [0.05, 0.1) is 0 Å². The molecule has 0 spiro atoms. The first kappa shape index (κ1) is 12.7. The highest BCUT2D eigenvalue weighted by molar-refractivity contribution is 5.73. The fourth-order valence-electron chi connectivity index (χ4n) is 2.03. The van der Waals surface area contributed by atoms with Crippen molar-refractivity contribution in [3.63, 3.8) is 0 Å². The maximum Gasteiger partial charge on any atom is 0.143 e. The Kier molecular flexibility index (Phi) is 2.74. The van der Waals surface area contributed by atoms with E-state index in [-0.39, 0.29) is 11.2 Å². The van der Waals surface area contributed by atoms with Gasteiger partial charge in [0.2, 0.25) is 0 Å². The van der Waals surface area contributed by atoms with Crippen molar-refractivity contribution in [3.8, 4) is 11.4 Å². The van der Waals surface area contributed by atoms with Gasteiger partial charge in [-0.1, -0.05) is 32.9 Å². The number of fused-ring (bicyclic) bond motifs is 1. The Hall–Kier alpha value is -2.36. The second kappa shape index (κ2) is 4.34. The van der Waals surface area contributed by atoms with Crippen LogP contribution in [0.1, 0.15) is 26.3 Å². The van der Waals surface area contributed by atoms with E-state index in [4.69, 9.17) is 0 Å². The van der Waals surface area contributed by atoms with Crippen molar-refractivity contribution in [2.45, 2.75) is 26.2 Å². The molecular weight excluding hydrogens is 250 g/mol. The molecule has 0 bridgehead atoms. The summed E-state index contributed by atoms with van der Waals surface area (Å²) in [5.74, 6) is 0.161. The van der Waals surface area contributed by atoms with Gasteiger partial charge in [-0.25, -0.2) is 0 Å². The second-order valence-corrected chi connectivity index (χ2v) is 5.85. The molecule has 20 heavy (non-hydrogen) atoms. The van der Waals surface area contributed by atoms with Crippen LogP contribution < -0.4 is 0 Å². The van der Waals surface area contributed by atoms with Gasteiger partial charge in [0.25, 0.3) is 0 Å². The molecule has 1 aromatic heterocycles. The van der Waals surface area contributed by atoms with Gasteiger partial charge in [0, 0.05) is 0 Å². The Bertz CT molecular complexity index is 736. The first-order valence-electron chi connectivity index (χ1n) is 6.53. The van der Waals surface area contributed by atoms with E-state index in [2.05, 4.69) is 37.0 Å². The summed E-state index contributed by atoms with van der Waals surface area (Å²) in [6, 6.07) is 14.3. The quantitative estimate of drug-likeness (QED) is 0.735. The molecule has 0 saturated carbocycles. The molecule has 0 aliphatic rings. The van der Waals surface area contributed by atoms with E-state index < -0.39 is 0 Å². The third-order valence-corrected chi connectivity index (χ3v) is 3.22. The van der Waals surface area contributed by atoms with Crippen molar-refractivity contribution in [2.75, 3.05) is 0 Å². The molecule has 0 aliphatic carbocycles. The number of phenols is 1. The van der Waals surface area contributed by atoms with Crippen LogP contribution in [-0.2, 0) is 5.41 Å². The maximum absolute atomic E-state index is 10.2. The van der Waals surface area contributed by atoms with Gasteiger partial charge < -0.3 is 5.11 Å². The Morgan fingerprint density at radius 3 is 2.20 bits per heavy atom. The van der Waals surface area contributed by atoms with Crippen molar-refractivity contribution in [1.29, 1.82) is 0 Å². The number of benzene rings is 2. The number of rotatable bonds is 1. The lowest BCUT2D eigenvalue weighted by molar-refractivity contribution is 0.463. The molecule has 3 rings (SSSR count).